The van der Waals surface area contributed by atoms with Crippen LogP contribution in [0.2, 0.25) is 0 Å². The highest BCUT2D eigenvalue weighted by Gasteiger charge is 2.24. The van der Waals surface area contributed by atoms with Gasteiger partial charge in [0.15, 0.2) is 15.6 Å². The highest BCUT2D eigenvalue weighted by Crippen LogP contribution is 2.19. The monoisotopic (exact) mass is 352 g/mol. The van der Waals surface area contributed by atoms with Gasteiger partial charge in [0, 0.05) is 6.26 Å². The molecule has 0 atom stereocenters. The molecule has 0 aromatic rings. The first-order chi connectivity index (χ1) is 10.8. The van der Waals surface area contributed by atoms with Gasteiger partial charge in [-0.25, -0.2) is 18.0 Å². The highest BCUT2D eigenvalue weighted by molar-refractivity contribution is 7.94. The third-order valence-electron chi connectivity index (χ3n) is 1.98. The molecule has 0 radical (unpaired) electrons. The average Bonchev–Trinajstić information content (AvgIpc) is 2.43. The number of ether oxygens (including phenoxy) is 5. The maximum absolute atomic E-state index is 11.8. The van der Waals surface area contributed by atoms with Crippen LogP contribution in [0.5, 0.6) is 0 Å². The third kappa shape index (κ3) is 8.71. The van der Waals surface area contributed by atoms with Crippen molar-refractivity contribution in [3.8, 4) is 0 Å². The highest BCUT2D eigenvalue weighted by atomic mass is 32.2. The summed E-state index contributed by atoms with van der Waals surface area (Å²) in [5, 5.41) is 0. The molecule has 0 aliphatic carbocycles. The van der Waals surface area contributed by atoms with Crippen LogP contribution in [-0.4, -0.2) is 46.8 Å². The molecule has 0 aliphatic heterocycles. The molecule has 0 heterocycles. The van der Waals surface area contributed by atoms with Crippen molar-refractivity contribution in [1.29, 1.82) is 0 Å². The van der Waals surface area contributed by atoms with Gasteiger partial charge >= 0.3 is 12.3 Å². The molecule has 10 heteroatoms. The van der Waals surface area contributed by atoms with E-state index in [1.54, 1.807) is 20.8 Å². The van der Waals surface area contributed by atoms with E-state index in [9.17, 15) is 18.0 Å². The van der Waals surface area contributed by atoms with Crippen LogP contribution < -0.4 is 0 Å². The summed E-state index contributed by atoms with van der Waals surface area (Å²) in [4.78, 5) is 22.0. The summed E-state index contributed by atoms with van der Waals surface area (Å²) in [5.74, 6) is -0.489. The number of hydrogen-bond acceptors (Lipinski definition) is 9. The van der Waals surface area contributed by atoms with Crippen LogP contribution in [0.3, 0.4) is 0 Å². The Morgan fingerprint density at radius 1 is 0.913 bits per heavy atom. The minimum atomic E-state index is -3.92. The molecule has 132 valence electrons. The Labute approximate surface area is 134 Å². The van der Waals surface area contributed by atoms with Crippen LogP contribution in [0.15, 0.2) is 23.2 Å². The predicted molar refractivity (Wildman–Crippen MR) is 78.8 cm³/mol. The maximum atomic E-state index is 11.8. The number of rotatable bonds is 8. The van der Waals surface area contributed by atoms with Crippen LogP contribution in [0.1, 0.15) is 20.8 Å². The van der Waals surface area contributed by atoms with Crippen molar-refractivity contribution in [1.82, 2.24) is 0 Å². The van der Waals surface area contributed by atoms with Crippen LogP contribution in [0.25, 0.3) is 0 Å². The molecule has 0 aromatic heterocycles. The minimum absolute atomic E-state index is 0.0258. The second-order valence-corrected chi connectivity index (χ2v) is 5.76. The molecular weight excluding hydrogens is 332 g/mol. The van der Waals surface area contributed by atoms with E-state index in [1.807, 2.05) is 0 Å². The summed E-state index contributed by atoms with van der Waals surface area (Å²) in [6.45, 7) is 4.99. The van der Waals surface area contributed by atoms with E-state index in [4.69, 9.17) is 9.47 Å². The summed E-state index contributed by atoms with van der Waals surface area (Å²) >= 11 is 0. The molecule has 0 N–H and O–H groups in total. The molecule has 0 amide bonds. The third-order valence-corrected chi connectivity index (χ3v) is 3.08. The summed E-state index contributed by atoms with van der Waals surface area (Å²) < 4.78 is 46.9. The summed E-state index contributed by atoms with van der Waals surface area (Å²) in [5.41, 5.74) is 0. The number of carbonyl (C=O) groups excluding carboxylic acids is 2. The van der Waals surface area contributed by atoms with Gasteiger partial charge in [-0.1, -0.05) is 0 Å². The van der Waals surface area contributed by atoms with Crippen molar-refractivity contribution in [2.75, 3.05) is 26.1 Å². The van der Waals surface area contributed by atoms with E-state index in [1.165, 1.54) is 0 Å². The first-order valence-electron chi connectivity index (χ1n) is 6.66. The van der Waals surface area contributed by atoms with Gasteiger partial charge in [0.25, 0.3) is 0 Å². The Bertz CT molecular complexity index is 560. The second kappa shape index (κ2) is 10.5. The molecule has 0 bridgehead atoms. The van der Waals surface area contributed by atoms with Gasteiger partial charge in [-0.3, -0.25) is 0 Å². The predicted octanol–water partition coefficient (Wildman–Crippen LogP) is 2.10. The zero-order valence-electron chi connectivity index (χ0n) is 13.4. The van der Waals surface area contributed by atoms with E-state index in [0.29, 0.717) is 6.26 Å². The Hall–Kier alpha value is -2.23. The van der Waals surface area contributed by atoms with Crippen molar-refractivity contribution in [3.05, 3.63) is 23.2 Å². The fraction of sp³-hybridized carbons (Fsp3) is 0.538. The topological polar surface area (TPSA) is 114 Å². The van der Waals surface area contributed by atoms with Crippen molar-refractivity contribution >= 4 is 22.1 Å². The quantitative estimate of drug-likeness (QED) is 0.368. The molecule has 0 unspecified atom stereocenters. The van der Waals surface area contributed by atoms with Crippen molar-refractivity contribution < 1.29 is 41.7 Å². The Kier molecular flexibility index (Phi) is 9.47. The SMILES string of the molecule is CCOC=C(OC(=O)OCC)C(=COC(=O)OCC)S(C)(=O)=O. The smallest absolute Gasteiger partial charge is 0.498 e. The van der Waals surface area contributed by atoms with E-state index < -0.39 is 32.8 Å². The number of carbonyl (C=O) groups is 2. The van der Waals surface area contributed by atoms with Gasteiger partial charge in [0.1, 0.15) is 17.4 Å². The lowest BCUT2D eigenvalue weighted by atomic mass is 10.5. The number of hydrogen-bond donors (Lipinski definition) is 0. The fourth-order valence-electron chi connectivity index (χ4n) is 1.11. The molecule has 0 saturated heterocycles. The molecule has 0 aromatic carbocycles. The van der Waals surface area contributed by atoms with Crippen LogP contribution >= 0.6 is 0 Å². The first kappa shape index (κ1) is 20.8. The summed E-state index contributed by atoms with van der Waals surface area (Å²) in [6, 6.07) is 0. The molecule has 0 saturated carbocycles. The summed E-state index contributed by atoms with van der Waals surface area (Å²) in [6.07, 6.45) is 0.0851. The van der Waals surface area contributed by atoms with E-state index in [2.05, 4.69) is 14.2 Å². The largest absolute Gasteiger partial charge is 0.513 e. The molecular formula is C13H20O9S. The van der Waals surface area contributed by atoms with E-state index in [-0.39, 0.29) is 19.8 Å². The lowest BCUT2D eigenvalue weighted by Crippen LogP contribution is -2.14. The van der Waals surface area contributed by atoms with Crippen molar-refractivity contribution in [2.45, 2.75) is 20.8 Å². The second-order valence-electron chi connectivity index (χ2n) is 3.78. The van der Waals surface area contributed by atoms with Crippen molar-refractivity contribution in [2.24, 2.45) is 0 Å². The Morgan fingerprint density at radius 2 is 1.48 bits per heavy atom. The van der Waals surface area contributed by atoms with Crippen LogP contribution in [0.4, 0.5) is 9.59 Å². The lowest BCUT2D eigenvalue weighted by molar-refractivity contribution is 0.0796. The fourth-order valence-corrected chi connectivity index (χ4v) is 1.79. The van der Waals surface area contributed by atoms with E-state index in [0.717, 1.165) is 12.5 Å². The standard InChI is InChI=1S/C13H20O9S/c1-5-18-8-10(22-13(15)20-7-3)11(23(4,16)17)9-21-12(14)19-6-2/h8-9H,5-7H2,1-4H3. The van der Waals surface area contributed by atoms with E-state index >= 15 is 0 Å². The van der Waals surface area contributed by atoms with Gasteiger partial charge in [-0.15, -0.1) is 0 Å². The van der Waals surface area contributed by atoms with Gasteiger partial charge in [0.05, 0.1) is 19.8 Å². The molecule has 0 rings (SSSR count). The molecule has 9 nitrogen and oxygen atoms in total. The van der Waals surface area contributed by atoms with Gasteiger partial charge in [-0.05, 0) is 20.8 Å². The van der Waals surface area contributed by atoms with Crippen LogP contribution in [0, 0.1) is 0 Å². The summed E-state index contributed by atoms with van der Waals surface area (Å²) in [7, 11) is -3.92. The Balaban J connectivity index is 5.53. The molecule has 0 spiro atoms. The van der Waals surface area contributed by atoms with Gasteiger partial charge in [-0.2, -0.15) is 0 Å². The molecule has 23 heavy (non-hydrogen) atoms. The lowest BCUT2D eigenvalue weighted by Gasteiger charge is -2.11. The molecule has 0 fully saturated rings. The maximum Gasteiger partial charge on any atom is 0.513 e. The Morgan fingerprint density at radius 3 is 1.96 bits per heavy atom. The van der Waals surface area contributed by atoms with Gasteiger partial charge in [0.2, 0.25) is 0 Å². The first-order valence-corrected chi connectivity index (χ1v) is 8.55. The normalized spacial score (nSPS) is 12.3. The zero-order valence-corrected chi connectivity index (χ0v) is 14.2. The van der Waals surface area contributed by atoms with Gasteiger partial charge < -0.3 is 23.7 Å². The average molecular weight is 352 g/mol. The minimum Gasteiger partial charge on any atom is -0.498 e. The van der Waals surface area contributed by atoms with Crippen LogP contribution in [-0.2, 0) is 33.5 Å². The molecule has 0 aliphatic rings. The van der Waals surface area contributed by atoms with Crippen molar-refractivity contribution in [3.63, 3.8) is 0 Å². The zero-order chi connectivity index (χ0) is 17.9. The number of sulfone groups is 1.